The van der Waals surface area contributed by atoms with E-state index in [1.165, 1.54) is 10.8 Å². The number of piperidine rings is 2. The van der Waals surface area contributed by atoms with Crippen molar-refractivity contribution in [3.8, 4) is 5.75 Å². The SMILES string of the molecule is CC1CC2(CCN(C(=O)c3ncnc(N4CCC4)c3O)CC2)c2c1n(CC(=O)Nc1ccc(C(F)(F)F)cc1Cl)c1nc(N3CCC(F)CC3)nn1c2=O. The van der Waals surface area contributed by atoms with Crippen LogP contribution in [0, 0.1) is 0 Å². The number of alkyl halides is 4. The minimum absolute atomic E-state index is 0.0205. The van der Waals surface area contributed by atoms with E-state index < -0.39 is 40.7 Å². The number of halogens is 5. The maximum Gasteiger partial charge on any atom is 0.416 e. The molecule has 1 spiro atoms. The lowest BCUT2D eigenvalue weighted by Crippen LogP contribution is -2.47. The number of carbonyl (C=O) groups excluding carboxylic acids is 2. The van der Waals surface area contributed by atoms with Crippen LogP contribution in [-0.2, 0) is 22.9 Å². The summed E-state index contributed by atoms with van der Waals surface area (Å²) in [5.41, 5.74) is -1.13. The molecule has 286 valence electrons. The smallest absolute Gasteiger partial charge is 0.416 e. The Morgan fingerprint density at radius 2 is 1.78 bits per heavy atom. The van der Waals surface area contributed by atoms with E-state index in [9.17, 15) is 37.1 Å². The van der Waals surface area contributed by atoms with Crippen molar-refractivity contribution in [1.29, 1.82) is 0 Å². The van der Waals surface area contributed by atoms with Crippen LogP contribution in [0.1, 0.15) is 78.7 Å². The molecule has 2 N–H and O–H groups in total. The number of anilines is 3. The molecule has 8 rings (SSSR count). The Morgan fingerprint density at radius 3 is 2.43 bits per heavy atom. The van der Waals surface area contributed by atoms with Crippen molar-refractivity contribution in [2.45, 2.75) is 75.7 Å². The number of carbonyl (C=O) groups is 2. The van der Waals surface area contributed by atoms with Crippen molar-refractivity contribution >= 4 is 46.6 Å². The Bertz CT molecular complexity index is 2210. The van der Waals surface area contributed by atoms with Gasteiger partial charge in [-0.05, 0) is 62.6 Å². The van der Waals surface area contributed by atoms with Crippen LogP contribution in [0.5, 0.6) is 5.75 Å². The third kappa shape index (κ3) is 6.17. The zero-order valence-corrected chi connectivity index (χ0v) is 30.0. The summed E-state index contributed by atoms with van der Waals surface area (Å²) < 4.78 is 56.6. The molecule has 3 aliphatic heterocycles. The number of aromatic hydroxyl groups is 1. The van der Waals surface area contributed by atoms with E-state index in [2.05, 4.69) is 25.4 Å². The topological polar surface area (TPSA) is 154 Å². The lowest BCUT2D eigenvalue weighted by atomic mass is 9.73. The third-order valence-corrected chi connectivity index (χ3v) is 11.5. The molecule has 3 saturated heterocycles. The number of nitrogens with zero attached hydrogens (tertiary/aromatic N) is 9. The molecule has 1 aliphatic carbocycles. The average Bonchev–Trinajstić information content (AvgIpc) is 3.67. The predicted octanol–water partition coefficient (Wildman–Crippen LogP) is 4.53. The van der Waals surface area contributed by atoms with E-state index >= 15 is 0 Å². The van der Waals surface area contributed by atoms with Crippen LogP contribution in [0.3, 0.4) is 0 Å². The number of benzene rings is 1. The number of amides is 2. The Morgan fingerprint density at radius 1 is 1.06 bits per heavy atom. The van der Waals surface area contributed by atoms with Crippen LogP contribution >= 0.6 is 11.6 Å². The lowest BCUT2D eigenvalue weighted by molar-refractivity contribution is -0.137. The highest BCUT2D eigenvalue weighted by molar-refractivity contribution is 6.33. The second-order valence-corrected chi connectivity index (χ2v) is 15.0. The van der Waals surface area contributed by atoms with E-state index in [1.54, 1.807) is 14.4 Å². The van der Waals surface area contributed by atoms with Gasteiger partial charge in [-0.15, -0.1) is 5.10 Å². The Hall–Kier alpha value is -5.00. The molecule has 1 atom stereocenters. The third-order valence-electron chi connectivity index (χ3n) is 11.2. The van der Waals surface area contributed by atoms with Gasteiger partial charge in [0.05, 0.1) is 16.3 Å². The zero-order valence-electron chi connectivity index (χ0n) is 29.2. The van der Waals surface area contributed by atoms with Gasteiger partial charge < -0.3 is 29.7 Å². The number of fused-ring (bicyclic) bond motifs is 3. The number of hydrogen-bond acceptors (Lipinski definition) is 10. The summed E-state index contributed by atoms with van der Waals surface area (Å²) in [6, 6.07) is 2.64. The first kappa shape index (κ1) is 36.0. The molecule has 3 aromatic heterocycles. The number of nitrogens with one attached hydrogen (secondary N) is 1. The molecule has 54 heavy (non-hydrogen) atoms. The summed E-state index contributed by atoms with van der Waals surface area (Å²) in [5, 5.41) is 17.8. The van der Waals surface area contributed by atoms with E-state index in [0.29, 0.717) is 49.4 Å². The summed E-state index contributed by atoms with van der Waals surface area (Å²) in [6.07, 6.45) is -1.47. The molecule has 0 saturated carbocycles. The molecule has 4 aliphatic rings. The second-order valence-electron chi connectivity index (χ2n) is 14.6. The fourth-order valence-corrected chi connectivity index (χ4v) is 8.58. The molecule has 0 bridgehead atoms. The highest BCUT2D eigenvalue weighted by atomic mass is 35.5. The minimum Gasteiger partial charge on any atom is -0.503 e. The van der Waals surface area contributed by atoms with E-state index in [0.717, 1.165) is 37.7 Å². The second kappa shape index (κ2) is 13.4. The van der Waals surface area contributed by atoms with Crippen molar-refractivity contribution in [2.75, 3.05) is 54.4 Å². The highest BCUT2D eigenvalue weighted by Crippen LogP contribution is 2.50. The fourth-order valence-electron chi connectivity index (χ4n) is 8.35. The van der Waals surface area contributed by atoms with Crippen LogP contribution in [0.4, 0.5) is 35.0 Å². The standard InChI is InChI=1S/C35H37ClF4N10O4/c1-19-16-34(7-13-47(14-8-34)31(54)26-28(52)29(42-18-41-26)46-9-2-10-46)25-27(19)49(17-24(51)43-23-4-3-20(15-22(23)36)35(38,39)40)33-44-32(45-50(33)30(25)53)48-11-5-21(37)6-12-48/h3-4,15,18-19,21,52H,2,5-14,16-17H2,1H3,(H,43,51). The Balaban J connectivity index is 1.13. The normalized spacial score (nSPS) is 20.0. The molecule has 19 heteroatoms. The maximum absolute atomic E-state index is 14.5. The molecule has 14 nitrogen and oxygen atoms in total. The zero-order chi connectivity index (χ0) is 38.1. The van der Waals surface area contributed by atoms with E-state index in [1.807, 2.05) is 11.8 Å². The monoisotopic (exact) mass is 772 g/mol. The number of hydrogen-bond donors (Lipinski definition) is 2. The minimum atomic E-state index is -4.62. The average molecular weight is 773 g/mol. The largest absolute Gasteiger partial charge is 0.503 e. The summed E-state index contributed by atoms with van der Waals surface area (Å²) in [5.74, 6) is -0.936. The van der Waals surface area contributed by atoms with Crippen molar-refractivity contribution in [1.82, 2.24) is 34.0 Å². The molecule has 6 heterocycles. The summed E-state index contributed by atoms with van der Waals surface area (Å²) in [4.78, 5) is 60.1. The number of aromatic nitrogens is 6. The van der Waals surface area contributed by atoms with Crippen molar-refractivity contribution in [3.63, 3.8) is 0 Å². The van der Waals surface area contributed by atoms with Crippen molar-refractivity contribution < 1.29 is 32.3 Å². The van der Waals surface area contributed by atoms with Gasteiger partial charge in [0, 0.05) is 55.9 Å². The molecule has 1 aromatic carbocycles. The fraction of sp³-hybridized carbons (Fsp3) is 0.514. The van der Waals surface area contributed by atoms with Crippen molar-refractivity contribution in [2.24, 2.45) is 0 Å². The van der Waals surface area contributed by atoms with E-state index in [4.69, 9.17) is 11.6 Å². The molecule has 1 unspecified atom stereocenters. The van der Waals surface area contributed by atoms with Gasteiger partial charge in [-0.1, -0.05) is 18.5 Å². The van der Waals surface area contributed by atoms with Crippen LogP contribution in [0.2, 0.25) is 5.02 Å². The molecule has 3 fully saturated rings. The molecular formula is C35H37ClF4N10O4. The van der Waals surface area contributed by atoms with Gasteiger partial charge in [-0.3, -0.25) is 14.4 Å². The predicted molar refractivity (Wildman–Crippen MR) is 189 cm³/mol. The van der Waals surface area contributed by atoms with Gasteiger partial charge in [0.1, 0.15) is 19.0 Å². The highest BCUT2D eigenvalue weighted by Gasteiger charge is 2.49. The number of likely N-dealkylation sites (tertiary alicyclic amines) is 1. The molecule has 2 amide bonds. The molecular weight excluding hydrogens is 736 g/mol. The van der Waals surface area contributed by atoms with Crippen LogP contribution in [0.25, 0.3) is 5.78 Å². The summed E-state index contributed by atoms with van der Waals surface area (Å²) in [7, 11) is 0. The number of rotatable bonds is 6. The first-order valence-corrected chi connectivity index (χ1v) is 18.3. The summed E-state index contributed by atoms with van der Waals surface area (Å²) >= 11 is 6.15. The first-order valence-electron chi connectivity index (χ1n) is 17.9. The Labute approximate surface area is 310 Å². The summed E-state index contributed by atoms with van der Waals surface area (Å²) in [6.45, 7) is 4.22. The van der Waals surface area contributed by atoms with Crippen molar-refractivity contribution in [3.05, 3.63) is 62.4 Å². The lowest BCUT2D eigenvalue weighted by Gasteiger charge is -2.39. The quantitative estimate of drug-likeness (QED) is 0.268. The van der Waals surface area contributed by atoms with Gasteiger partial charge in [0.25, 0.3) is 11.5 Å². The van der Waals surface area contributed by atoms with Gasteiger partial charge in [0.2, 0.25) is 17.6 Å². The maximum atomic E-state index is 14.5. The van der Waals surface area contributed by atoms with Gasteiger partial charge in [-0.2, -0.15) is 22.7 Å². The van der Waals surface area contributed by atoms with Crippen LogP contribution in [-0.4, -0.2) is 96.4 Å². The molecule has 4 aromatic rings. The first-order chi connectivity index (χ1) is 25.7. The Kier molecular flexibility index (Phi) is 8.92. The van der Waals surface area contributed by atoms with Gasteiger partial charge in [-0.25, -0.2) is 14.4 Å². The van der Waals surface area contributed by atoms with E-state index in [-0.39, 0.29) is 72.3 Å². The molecule has 0 radical (unpaired) electrons. The van der Waals surface area contributed by atoms with Crippen LogP contribution in [0.15, 0.2) is 29.3 Å². The van der Waals surface area contributed by atoms with Crippen LogP contribution < -0.4 is 20.7 Å². The van der Waals surface area contributed by atoms with Gasteiger partial charge >= 0.3 is 6.18 Å². The van der Waals surface area contributed by atoms with Gasteiger partial charge in [0.15, 0.2) is 17.3 Å².